The Balaban J connectivity index is 2.59. The fourth-order valence-corrected chi connectivity index (χ4v) is 0.956. The van der Waals surface area contributed by atoms with E-state index in [4.69, 9.17) is 0 Å². The maximum atomic E-state index is 10.2. The van der Waals surface area contributed by atoms with Gasteiger partial charge in [0.2, 0.25) is 0 Å². The summed E-state index contributed by atoms with van der Waals surface area (Å²) in [6.45, 7) is 0.536. The highest BCUT2D eigenvalue weighted by Gasteiger charge is 2.08. The minimum absolute atomic E-state index is 0.126. The van der Waals surface area contributed by atoms with E-state index < -0.39 is 4.92 Å². The minimum Gasteiger partial charge on any atom is -0.358 e. The second kappa shape index (κ2) is 4.66. The van der Waals surface area contributed by atoms with Crippen LogP contribution in [0.3, 0.4) is 0 Å². The van der Waals surface area contributed by atoms with E-state index >= 15 is 0 Å². The SMILES string of the molecule is O=[N+]([O-])c1ccn(CC=CCS)n1. The maximum absolute atomic E-state index is 10.2. The first-order valence-corrected chi connectivity index (χ1v) is 4.31. The van der Waals surface area contributed by atoms with Crippen molar-refractivity contribution in [2.24, 2.45) is 0 Å². The topological polar surface area (TPSA) is 61.0 Å². The van der Waals surface area contributed by atoms with Gasteiger partial charge < -0.3 is 10.1 Å². The predicted octanol–water partition coefficient (Wildman–Crippen LogP) is 1.28. The molecule has 0 saturated carbocycles. The van der Waals surface area contributed by atoms with E-state index in [1.54, 1.807) is 6.20 Å². The van der Waals surface area contributed by atoms with Crippen molar-refractivity contribution in [2.45, 2.75) is 6.54 Å². The van der Waals surface area contributed by atoms with E-state index in [0.717, 1.165) is 0 Å². The molecule has 0 unspecified atom stereocenters. The molecule has 1 aromatic rings. The minimum atomic E-state index is -0.515. The van der Waals surface area contributed by atoms with Gasteiger partial charge in [0, 0.05) is 5.75 Å². The van der Waals surface area contributed by atoms with Crippen molar-refractivity contribution in [3.05, 3.63) is 34.5 Å². The van der Waals surface area contributed by atoms with Gasteiger partial charge in [0.1, 0.15) is 0 Å². The van der Waals surface area contributed by atoms with Crippen LogP contribution in [0.1, 0.15) is 0 Å². The molecule has 0 aliphatic carbocycles. The molecule has 0 fully saturated rings. The molecule has 0 saturated heterocycles. The molecule has 0 bridgehead atoms. The molecule has 0 radical (unpaired) electrons. The molecule has 1 rings (SSSR count). The van der Waals surface area contributed by atoms with Crippen LogP contribution in [-0.2, 0) is 6.54 Å². The lowest BCUT2D eigenvalue weighted by molar-refractivity contribution is -0.389. The second-order valence-electron chi connectivity index (χ2n) is 2.31. The van der Waals surface area contributed by atoms with Crippen molar-refractivity contribution >= 4 is 18.4 Å². The number of hydrogen-bond acceptors (Lipinski definition) is 4. The van der Waals surface area contributed by atoms with Crippen molar-refractivity contribution in [1.82, 2.24) is 9.78 Å². The molecule has 0 atom stereocenters. The summed E-state index contributed by atoms with van der Waals surface area (Å²) >= 11 is 3.98. The summed E-state index contributed by atoms with van der Waals surface area (Å²) < 4.78 is 1.50. The summed E-state index contributed by atoms with van der Waals surface area (Å²) in [5, 5.41) is 14.0. The van der Waals surface area contributed by atoms with Crippen LogP contribution in [0, 0.1) is 10.1 Å². The van der Waals surface area contributed by atoms with Crippen LogP contribution >= 0.6 is 12.6 Å². The van der Waals surface area contributed by atoms with E-state index in [1.807, 2.05) is 12.2 Å². The van der Waals surface area contributed by atoms with Gasteiger partial charge >= 0.3 is 5.82 Å². The van der Waals surface area contributed by atoms with Crippen LogP contribution in [0.25, 0.3) is 0 Å². The molecule has 0 aliphatic heterocycles. The van der Waals surface area contributed by atoms with E-state index in [2.05, 4.69) is 17.7 Å². The number of nitro groups is 1. The van der Waals surface area contributed by atoms with Crippen LogP contribution in [0.5, 0.6) is 0 Å². The number of nitrogens with zero attached hydrogens (tertiary/aromatic N) is 3. The molecule has 1 heterocycles. The molecule has 0 N–H and O–H groups in total. The summed E-state index contributed by atoms with van der Waals surface area (Å²) in [7, 11) is 0. The first-order valence-electron chi connectivity index (χ1n) is 3.67. The van der Waals surface area contributed by atoms with Gasteiger partial charge in [-0.3, -0.25) is 0 Å². The Hall–Kier alpha value is -1.30. The van der Waals surface area contributed by atoms with Crippen LogP contribution in [0.4, 0.5) is 5.82 Å². The number of thiol groups is 1. The monoisotopic (exact) mass is 199 g/mol. The van der Waals surface area contributed by atoms with Crippen molar-refractivity contribution in [2.75, 3.05) is 5.75 Å². The Labute approximate surface area is 80.6 Å². The van der Waals surface area contributed by atoms with Crippen LogP contribution in [-0.4, -0.2) is 20.5 Å². The zero-order valence-electron chi connectivity index (χ0n) is 6.83. The third-order valence-corrected chi connectivity index (χ3v) is 1.59. The smallest absolute Gasteiger partial charge is 0.358 e. The average Bonchev–Trinajstić information content (AvgIpc) is 2.53. The van der Waals surface area contributed by atoms with Gasteiger partial charge in [-0.2, -0.15) is 17.3 Å². The van der Waals surface area contributed by atoms with Crippen LogP contribution < -0.4 is 0 Å². The summed E-state index contributed by atoms with van der Waals surface area (Å²) in [5.74, 6) is 0.530. The summed E-state index contributed by atoms with van der Waals surface area (Å²) in [4.78, 5) is 9.73. The first-order chi connectivity index (χ1) is 6.24. The van der Waals surface area contributed by atoms with Gasteiger partial charge in [-0.15, -0.1) is 0 Å². The van der Waals surface area contributed by atoms with Gasteiger partial charge in [0.25, 0.3) is 0 Å². The molecule has 0 aromatic carbocycles. The van der Waals surface area contributed by atoms with Crippen molar-refractivity contribution in [1.29, 1.82) is 0 Å². The highest BCUT2D eigenvalue weighted by atomic mass is 32.1. The lowest BCUT2D eigenvalue weighted by Gasteiger charge is -1.87. The lowest BCUT2D eigenvalue weighted by Crippen LogP contribution is -1.97. The van der Waals surface area contributed by atoms with Crippen LogP contribution in [0.15, 0.2) is 24.4 Å². The lowest BCUT2D eigenvalue weighted by atomic mass is 10.5. The first kappa shape index (κ1) is 9.79. The van der Waals surface area contributed by atoms with E-state index in [-0.39, 0.29) is 5.82 Å². The Bertz CT molecular complexity index is 321. The molecule has 70 valence electrons. The molecule has 6 heteroatoms. The Morgan fingerprint density at radius 3 is 3.00 bits per heavy atom. The van der Waals surface area contributed by atoms with E-state index in [1.165, 1.54) is 10.7 Å². The fraction of sp³-hybridized carbons (Fsp3) is 0.286. The Morgan fingerprint density at radius 1 is 1.69 bits per heavy atom. The van der Waals surface area contributed by atoms with Crippen molar-refractivity contribution in [3.8, 4) is 0 Å². The summed E-state index contributed by atoms with van der Waals surface area (Å²) in [6, 6.07) is 1.37. The van der Waals surface area contributed by atoms with Gasteiger partial charge in [0.15, 0.2) is 0 Å². The number of allylic oxidation sites excluding steroid dienone is 1. The number of rotatable bonds is 4. The molecular weight excluding hydrogens is 190 g/mol. The van der Waals surface area contributed by atoms with Gasteiger partial charge in [-0.05, 0) is 4.92 Å². The number of hydrogen-bond donors (Lipinski definition) is 1. The largest absolute Gasteiger partial charge is 0.389 e. The summed E-state index contributed by atoms with van der Waals surface area (Å²) in [6.07, 6.45) is 5.28. The van der Waals surface area contributed by atoms with E-state index in [0.29, 0.717) is 12.3 Å². The van der Waals surface area contributed by atoms with Crippen molar-refractivity contribution < 1.29 is 4.92 Å². The standard InChI is InChI=1S/C7H9N3O2S/c11-10(12)7-3-5-9(8-7)4-1-2-6-13/h1-3,5,13H,4,6H2. The van der Waals surface area contributed by atoms with Crippen molar-refractivity contribution in [3.63, 3.8) is 0 Å². The van der Waals surface area contributed by atoms with E-state index in [9.17, 15) is 10.1 Å². The Kier molecular flexibility index (Phi) is 3.51. The highest BCUT2D eigenvalue weighted by Crippen LogP contribution is 2.04. The zero-order valence-corrected chi connectivity index (χ0v) is 7.72. The third kappa shape index (κ3) is 2.90. The maximum Gasteiger partial charge on any atom is 0.389 e. The molecule has 5 nitrogen and oxygen atoms in total. The van der Waals surface area contributed by atoms with Gasteiger partial charge in [0.05, 0.1) is 23.9 Å². The van der Waals surface area contributed by atoms with Gasteiger partial charge in [-0.25, -0.2) is 0 Å². The molecule has 0 spiro atoms. The highest BCUT2D eigenvalue weighted by molar-refractivity contribution is 7.80. The molecule has 0 aliphatic rings. The zero-order chi connectivity index (χ0) is 9.68. The third-order valence-electron chi connectivity index (χ3n) is 1.38. The predicted molar refractivity (Wildman–Crippen MR) is 51.9 cm³/mol. The molecule has 0 amide bonds. The molecular formula is C7H9N3O2S. The van der Waals surface area contributed by atoms with Gasteiger partial charge in [-0.1, -0.05) is 12.2 Å². The normalized spacial score (nSPS) is 10.8. The molecule has 13 heavy (non-hydrogen) atoms. The number of aromatic nitrogens is 2. The average molecular weight is 199 g/mol. The second-order valence-corrected chi connectivity index (χ2v) is 2.67. The molecule has 1 aromatic heterocycles. The van der Waals surface area contributed by atoms with Crippen LogP contribution in [0.2, 0.25) is 0 Å². The summed E-state index contributed by atoms with van der Waals surface area (Å²) in [5.41, 5.74) is 0. The quantitative estimate of drug-likeness (QED) is 0.344. The fourth-order valence-electron chi connectivity index (χ4n) is 0.807. The Morgan fingerprint density at radius 2 is 2.46 bits per heavy atom.